The molecule has 0 saturated carbocycles. The van der Waals surface area contributed by atoms with Gasteiger partial charge in [0, 0.05) is 12.1 Å². The van der Waals surface area contributed by atoms with Gasteiger partial charge in [-0.3, -0.25) is 0 Å². The summed E-state index contributed by atoms with van der Waals surface area (Å²) in [5.74, 6) is -2.68. The van der Waals surface area contributed by atoms with Gasteiger partial charge >= 0.3 is 11.9 Å². The third-order valence-corrected chi connectivity index (χ3v) is 3.74. The van der Waals surface area contributed by atoms with Crippen LogP contribution in [0.5, 0.6) is 5.75 Å². The molecule has 23 heavy (non-hydrogen) atoms. The zero-order chi connectivity index (χ0) is 17.1. The van der Waals surface area contributed by atoms with Crippen molar-refractivity contribution < 1.29 is 29.6 Å². The van der Waals surface area contributed by atoms with E-state index in [4.69, 9.17) is 9.84 Å². The number of carboxylic acids is 1. The zero-order valence-corrected chi connectivity index (χ0v) is 13.0. The largest absolute Gasteiger partial charge is 0.479 e. The lowest BCUT2D eigenvalue weighted by Gasteiger charge is -2.18. The van der Waals surface area contributed by atoms with Crippen LogP contribution in [0.2, 0.25) is 0 Å². The molecule has 0 saturated heterocycles. The quantitative estimate of drug-likeness (QED) is 0.442. The molecule has 0 radical (unpaired) electrons. The van der Waals surface area contributed by atoms with Crippen LogP contribution in [0.15, 0.2) is 18.2 Å². The lowest BCUT2D eigenvalue weighted by molar-refractivity contribution is -0.164. The molecular formula is C16H21NO6. The Labute approximate surface area is 133 Å². The smallest absolute Gasteiger partial charge is 0.343 e. The molecule has 1 aliphatic rings. The molecule has 7 nitrogen and oxygen atoms in total. The van der Waals surface area contributed by atoms with Gasteiger partial charge in [0.05, 0.1) is 0 Å². The normalized spacial score (nSPS) is 19.3. The second-order valence-electron chi connectivity index (χ2n) is 5.92. The van der Waals surface area contributed by atoms with Gasteiger partial charge in [-0.25, -0.2) is 9.59 Å². The lowest BCUT2D eigenvalue weighted by Crippen LogP contribution is -2.41. The van der Waals surface area contributed by atoms with Gasteiger partial charge in [0.15, 0.2) is 12.2 Å². The highest BCUT2D eigenvalue weighted by Gasteiger charge is 2.32. The van der Waals surface area contributed by atoms with E-state index in [-0.39, 0.29) is 11.8 Å². The molecule has 7 heteroatoms. The maximum Gasteiger partial charge on any atom is 0.343 e. The van der Waals surface area contributed by atoms with E-state index in [1.165, 1.54) is 0 Å². The first-order valence-corrected chi connectivity index (χ1v) is 7.49. The number of aliphatic hydroxyl groups is 2. The molecule has 1 aromatic rings. The molecule has 126 valence electrons. The molecule has 0 fully saturated rings. The summed E-state index contributed by atoms with van der Waals surface area (Å²) in [7, 11) is 0. The minimum absolute atomic E-state index is 0.165. The standard InChI is InChI=1S/C16H21NO6/c1-8(2)17-12-6-4-9-3-5-10(7-11(9)12)23-16(22)14(19)13(18)15(20)21/h3,5,7-8,12-14,17-19H,4,6H2,1-2H3,(H,20,21). The van der Waals surface area contributed by atoms with Crippen LogP contribution >= 0.6 is 0 Å². The number of carboxylic acid groups (broad SMARTS) is 1. The molecule has 0 aromatic heterocycles. The number of hydrogen-bond acceptors (Lipinski definition) is 6. The van der Waals surface area contributed by atoms with Crippen LogP contribution in [0.3, 0.4) is 0 Å². The predicted octanol–water partition coefficient (Wildman–Crippen LogP) is 0.384. The van der Waals surface area contributed by atoms with Crippen molar-refractivity contribution >= 4 is 11.9 Å². The third-order valence-electron chi connectivity index (χ3n) is 3.74. The van der Waals surface area contributed by atoms with E-state index in [1.807, 2.05) is 19.9 Å². The molecule has 4 N–H and O–H groups in total. The topological polar surface area (TPSA) is 116 Å². The zero-order valence-electron chi connectivity index (χ0n) is 13.0. The summed E-state index contributed by atoms with van der Waals surface area (Å²) in [5, 5.41) is 30.7. The number of esters is 1. The number of fused-ring (bicyclic) bond motifs is 1. The van der Waals surface area contributed by atoms with Gasteiger partial charge in [0.25, 0.3) is 0 Å². The number of nitrogens with one attached hydrogen (secondary N) is 1. The molecule has 1 aromatic carbocycles. The average Bonchev–Trinajstić information content (AvgIpc) is 2.87. The fourth-order valence-corrected chi connectivity index (χ4v) is 2.66. The van der Waals surface area contributed by atoms with Gasteiger partial charge in [0.1, 0.15) is 5.75 Å². The maximum atomic E-state index is 11.7. The Hall–Kier alpha value is -1.96. The van der Waals surface area contributed by atoms with Crippen LogP contribution in [-0.2, 0) is 16.0 Å². The number of hydrogen-bond donors (Lipinski definition) is 4. The highest BCUT2D eigenvalue weighted by Crippen LogP contribution is 2.34. The van der Waals surface area contributed by atoms with Crippen molar-refractivity contribution in [3.8, 4) is 5.75 Å². The van der Waals surface area contributed by atoms with Crippen LogP contribution in [-0.4, -0.2) is 45.5 Å². The summed E-state index contributed by atoms with van der Waals surface area (Å²) < 4.78 is 4.99. The van der Waals surface area contributed by atoms with Crippen LogP contribution in [0.1, 0.15) is 37.4 Å². The lowest BCUT2D eigenvalue weighted by atomic mass is 10.1. The molecule has 0 bridgehead atoms. The van der Waals surface area contributed by atoms with Gasteiger partial charge in [-0.15, -0.1) is 0 Å². The summed E-state index contributed by atoms with van der Waals surface area (Å²) in [6.45, 7) is 4.09. The number of aliphatic hydroxyl groups excluding tert-OH is 2. The van der Waals surface area contributed by atoms with E-state index >= 15 is 0 Å². The summed E-state index contributed by atoms with van der Waals surface area (Å²) >= 11 is 0. The molecule has 0 heterocycles. The molecule has 3 atom stereocenters. The summed E-state index contributed by atoms with van der Waals surface area (Å²) in [6.07, 6.45) is -2.47. The van der Waals surface area contributed by atoms with Crippen molar-refractivity contribution in [1.82, 2.24) is 5.32 Å². The third kappa shape index (κ3) is 4.07. The second kappa shape index (κ2) is 7.08. The van der Waals surface area contributed by atoms with Crippen LogP contribution in [0.25, 0.3) is 0 Å². The Morgan fingerprint density at radius 1 is 1.26 bits per heavy atom. The van der Waals surface area contributed by atoms with Crippen molar-refractivity contribution in [2.75, 3.05) is 0 Å². The molecular weight excluding hydrogens is 302 g/mol. The van der Waals surface area contributed by atoms with Gasteiger partial charge in [-0.05, 0) is 36.1 Å². The molecule has 2 rings (SSSR count). The minimum atomic E-state index is -2.22. The number of aryl methyl sites for hydroxylation is 1. The summed E-state index contributed by atoms with van der Waals surface area (Å²) in [4.78, 5) is 22.3. The Morgan fingerprint density at radius 2 is 1.96 bits per heavy atom. The molecule has 3 unspecified atom stereocenters. The van der Waals surface area contributed by atoms with E-state index in [2.05, 4.69) is 5.32 Å². The monoisotopic (exact) mass is 323 g/mol. The highest BCUT2D eigenvalue weighted by molar-refractivity contribution is 5.85. The fourth-order valence-electron chi connectivity index (χ4n) is 2.66. The fraction of sp³-hybridized carbons (Fsp3) is 0.500. The first kappa shape index (κ1) is 17.4. The number of ether oxygens (including phenoxy) is 1. The van der Waals surface area contributed by atoms with Crippen molar-refractivity contribution in [2.45, 2.75) is 51.0 Å². The highest BCUT2D eigenvalue weighted by atomic mass is 16.6. The van der Waals surface area contributed by atoms with E-state index in [9.17, 15) is 19.8 Å². The molecule has 0 aliphatic heterocycles. The van der Waals surface area contributed by atoms with Crippen LogP contribution in [0.4, 0.5) is 0 Å². The SMILES string of the molecule is CC(C)NC1CCc2ccc(OC(=O)C(O)C(O)C(=O)O)cc21. The van der Waals surface area contributed by atoms with Crippen molar-refractivity contribution in [2.24, 2.45) is 0 Å². The number of rotatable bonds is 6. The Balaban J connectivity index is 2.10. The van der Waals surface area contributed by atoms with E-state index in [0.717, 1.165) is 24.0 Å². The summed E-state index contributed by atoms with van der Waals surface area (Å²) in [5.41, 5.74) is 2.19. The second-order valence-corrected chi connectivity index (χ2v) is 5.92. The Morgan fingerprint density at radius 3 is 2.57 bits per heavy atom. The van der Waals surface area contributed by atoms with Gasteiger partial charge in [0.2, 0.25) is 0 Å². The average molecular weight is 323 g/mol. The molecule has 0 amide bonds. The molecule has 0 spiro atoms. The van der Waals surface area contributed by atoms with E-state index in [0.29, 0.717) is 6.04 Å². The first-order valence-electron chi connectivity index (χ1n) is 7.49. The van der Waals surface area contributed by atoms with Crippen molar-refractivity contribution in [1.29, 1.82) is 0 Å². The van der Waals surface area contributed by atoms with E-state index in [1.54, 1.807) is 12.1 Å². The first-order chi connectivity index (χ1) is 10.8. The van der Waals surface area contributed by atoms with Gasteiger partial charge in [-0.2, -0.15) is 0 Å². The van der Waals surface area contributed by atoms with Gasteiger partial charge < -0.3 is 25.4 Å². The number of carbonyl (C=O) groups excluding carboxylic acids is 1. The maximum absolute atomic E-state index is 11.7. The number of benzene rings is 1. The number of carbonyl (C=O) groups is 2. The predicted molar refractivity (Wildman–Crippen MR) is 81.1 cm³/mol. The van der Waals surface area contributed by atoms with Gasteiger partial charge in [-0.1, -0.05) is 19.9 Å². The molecule has 1 aliphatic carbocycles. The number of aliphatic carboxylic acids is 1. The summed E-state index contributed by atoms with van der Waals surface area (Å²) in [6, 6.07) is 5.62. The van der Waals surface area contributed by atoms with Crippen molar-refractivity contribution in [3.05, 3.63) is 29.3 Å². The Bertz CT molecular complexity index is 600. The van der Waals surface area contributed by atoms with E-state index < -0.39 is 24.1 Å². The minimum Gasteiger partial charge on any atom is -0.479 e. The van der Waals surface area contributed by atoms with Crippen LogP contribution < -0.4 is 10.1 Å². The Kier molecular flexibility index (Phi) is 5.35. The van der Waals surface area contributed by atoms with Crippen molar-refractivity contribution in [3.63, 3.8) is 0 Å². The van der Waals surface area contributed by atoms with Crippen LogP contribution in [0, 0.1) is 0 Å².